The van der Waals surface area contributed by atoms with Crippen molar-refractivity contribution in [3.8, 4) is 0 Å². The van der Waals surface area contributed by atoms with E-state index in [1.165, 1.54) is 4.31 Å². The highest BCUT2D eigenvalue weighted by Gasteiger charge is 2.30. The SMILES string of the molecule is Cc1ccc(S(=O)(=O)N2CCCN(C(=O)c3c(C)noc3C)CC2)cc1C. The van der Waals surface area contributed by atoms with Crippen LogP contribution in [0.1, 0.15) is 39.4 Å². The number of nitrogens with zero attached hydrogens (tertiary/aromatic N) is 3. The fourth-order valence-electron chi connectivity index (χ4n) is 3.31. The molecule has 1 aromatic carbocycles. The Morgan fingerprint density at radius 3 is 2.41 bits per heavy atom. The van der Waals surface area contributed by atoms with Gasteiger partial charge in [-0.15, -0.1) is 0 Å². The lowest BCUT2D eigenvalue weighted by Gasteiger charge is -2.22. The quantitative estimate of drug-likeness (QED) is 0.802. The molecule has 0 bridgehead atoms. The van der Waals surface area contributed by atoms with E-state index >= 15 is 0 Å². The van der Waals surface area contributed by atoms with Gasteiger partial charge in [0.05, 0.1) is 10.6 Å². The summed E-state index contributed by atoms with van der Waals surface area (Å²) in [4.78, 5) is 14.8. The van der Waals surface area contributed by atoms with Gasteiger partial charge in [0.15, 0.2) is 0 Å². The topological polar surface area (TPSA) is 83.7 Å². The molecule has 0 unspecified atom stereocenters. The highest BCUT2D eigenvalue weighted by molar-refractivity contribution is 7.89. The molecular weight excluding hydrogens is 366 g/mol. The Kier molecular flexibility index (Phi) is 5.39. The molecule has 0 spiro atoms. The van der Waals surface area contributed by atoms with E-state index in [2.05, 4.69) is 5.16 Å². The van der Waals surface area contributed by atoms with E-state index in [4.69, 9.17) is 4.52 Å². The normalized spacial score (nSPS) is 16.4. The monoisotopic (exact) mass is 391 g/mol. The van der Waals surface area contributed by atoms with Crippen LogP contribution in [-0.4, -0.2) is 54.9 Å². The third-order valence-corrected chi connectivity index (χ3v) is 7.00. The largest absolute Gasteiger partial charge is 0.361 e. The van der Waals surface area contributed by atoms with Gasteiger partial charge >= 0.3 is 0 Å². The van der Waals surface area contributed by atoms with Crippen molar-refractivity contribution in [2.45, 2.75) is 39.0 Å². The lowest BCUT2D eigenvalue weighted by molar-refractivity contribution is 0.0762. The molecule has 0 radical (unpaired) electrons. The third kappa shape index (κ3) is 3.77. The van der Waals surface area contributed by atoms with Crippen LogP contribution in [0.5, 0.6) is 0 Å². The standard InChI is InChI=1S/C19H25N3O4S/c1-13-6-7-17(12-14(13)2)27(24,25)22-9-5-8-21(10-11-22)19(23)18-15(3)20-26-16(18)4/h6-7,12H,5,8-11H2,1-4H3. The van der Waals surface area contributed by atoms with Gasteiger partial charge < -0.3 is 9.42 Å². The van der Waals surface area contributed by atoms with Crippen molar-refractivity contribution in [1.29, 1.82) is 0 Å². The first-order valence-electron chi connectivity index (χ1n) is 9.01. The van der Waals surface area contributed by atoms with Crippen molar-refractivity contribution in [2.24, 2.45) is 0 Å². The first kappa shape index (κ1) is 19.6. The molecule has 2 heterocycles. The minimum Gasteiger partial charge on any atom is -0.361 e. The predicted octanol–water partition coefficient (Wildman–Crippen LogP) is 2.45. The lowest BCUT2D eigenvalue weighted by Crippen LogP contribution is -2.37. The van der Waals surface area contributed by atoms with Crippen LogP contribution in [0, 0.1) is 27.7 Å². The molecule has 0 N–H and O–H groups in total. The molecular formula is C19H25N3O4S. The molecule has 27 heavy (non-hydrogen) atoms. The molecule has 1 fully saturated rings. The van der Waals surface area contributed by atoms with Crippen LogP contribution in [0.4, 0.5) is 0 Å². The lowest BCUT2D eigenvalue weighted by atomic mass is 10.1. The highest BCUT2D eigenvalue weighted by Crippen LogP contribution is 2.22. The van der Waals surface area contributed by atoms with Crippen molar-refractivity contribution in [3.63, 3.8) is 0 Å². The van der Waals surface area contributed by atoms with Gasteiger partial charge in [0.25, 0.3) is 5.91 Å². The number of aryl methyl sites for hydroxylation is 4. The maximum Gasteiger partial charge on any atom is 0.259 e. The van der Waals surface area contributed by atoms with Crippen LogP contribution >= 0.6 is 0 Å². The number of benzene rings is 1. The van der Waals surface area contributed by atoms with Gasteiger partial charge in [-0.2, -0.15) is 4.31 Å². The predicted molar refractivity (Wildman–Crippen MR) is 101 cm³/mol. The molecule has 1 amide bonds. The second kappa shape index (κ2) is 7.44. The molecule has 8 heteroatoms. The van der Waals surface area contributed by atoms with Crippen LogP contribution < -0.4 is 0 Å². The number of sulfonamides is 1. The first-order valence-corrected chi connectivity index (χ1v) is 10.5. The molecule has 1 aromatic heterocycles. The molecule has 7 nitrogen and oxygen atoms in total. The average molecular weight is 391 g/mol. The number of carbonyl (C=O) groups is 1. The third-order valence-electron chi connectivity index (χ3n) is 5.11. The first-order chi connectivity index (χ1) is 12.7. The molecule has 1 aliphatic rings. The summed E-state index contributed by atoms with van der Waals surface area (Å²) < 4.78 is 32.6. The second-order valence-electron chi connectivity index (χ2n) is 7.00. The maximum atomic E-state index is 13.0. The number of carbonyl (C=O) groups excluding carboxylic acids is 1. The van der Waals surface area contributed by atoms with Crippen molar-refractivity contribution in [1.82, 2.24) is 14.4 Å². The van der Waals surface area contributed by atoms with E-state index in [1.54, 1.807) is 30.9 Å². The van der Waals surface area contributed by atoms with E-state index in [0.717, 1.165) is 11.1 Å². The van der Waals surface area contributed by atoms with Crippen LogP contribution in [0.3, 0.4) is 0 Å². The van der Waals surface area contributed by atoms with Gasteiger partial charge in [-0.3, -0.25) is 4.79 Å². The molecule has 146 valence electrons. The van der Waals surface area contributed by atoms with Crippen LogP contribution in [-0.2, 0) is 10.0 Å². The Morgan fingerprint density at radius 2 is 1.78 bits per heavy atom. The summed E-state index contributed by atoms with van der Waals surface area (Å²) in [6.07, 6.45) is 0.583. The molecule has 0 atom stereocenters. The number of hydrogen-bond acceptors (Lipinski definition) is 5. The van der Waals surface area contributed by atoms with E-state index in [1.807, 2.05) is 19.9 Å². The van der Waals surface area contributed by atoms with Crippen LogP contribution in [0.2, 0.25) is 0 Å². The van der Waals surface area contributed by atoms with Gasteiger partial charge in [-0.05, 0) is 57.4 Å². The van der Waals surface area contributed by atoms with Gasteiger partial charge in [0.2, 0.25) is 10.0 Å². The minimum absolute atomic E-state index is 0.156. The van der Waals surface area contributed by atoms with Gasteiger partial charge in [-0.25, -0.2) is 8.42 Å². The zero-order valence-electron chi connectivity index (χ0n) is 16.2. The number of aromatic nitrogens is 1. The molecule has 3 rings (SSSR count). The highest BCUT2D eigenvalue weighted by atomic mass is 32.2. The Morgan fingerprint density at radius 1 is 1.04 bits per heavy atom. The van der Waals surface area contributed by atoms with E-state index in [-0.39, 0.29) is 12.5 Å². The molecule has 1 saturated heterocycles. The Balaban J connectivity index is 1.78. The number of rotatable bonds is 3. The van der Waals surface area contributed by atoms with Crippen molar-refractivity contribution in [2.75, 3.05) is 26.2 Å². The maximum absolute atomic E-state index is 13.0. The summed E-state index contributed by atoms with van der Waals surface area (Å²) in [6.45, 7) is 8.80. The summed E-state index contributed by atoms with van der Waals surface area (Å²) in [5.41, 5.74) is 3.03. The van der Waals surface area contributed by atoms with Gasteiger partial charge in [0, 0.05) is 26.2 Å². The fraction of sp³-hybridized carbons (Fsp3) is 0.474. The van der Waals surface area contributed by atoms with Crippen molar-refractivity contribution < 1.29 is 17.7 Å². The summed E-state index contributed by atoms with van der Waals surface area (Å²) >= 11 is 0. The molecule has 2 aromatic rings. The number of hydrogen-bond donors (Lipinski definition) is 0. The summed E-state index contributed by atoms with van der Waals surface area (Å²) in [5, 5.41) is 3.84. The summed E-state index contributed by atoms with van der Waals surface area (Å²) in [6, 6.07) is 5.19. The zero-order chi connectivity index (χ0) is 19.8. The fourth-order valence-corrected chi connectivity index (χ4v) is 4.86. The minimum atomic E-state index is -3.58. The average Bonchev–Trinajstić information content (AvgIpc) is 2.83. The zero-order valence-corrected chi connectivity index (χ0v) is 17.0. The summed E-state index contributed by atoms with van der Waals surface area (Å²) in [5.74, 6) is 0.332. The van der Waals surface area contributed by atoms with Crippen molar-refractivity contribution >= 4 is 15.9 Å². The van der Waals surface area contributed by atoms with Gasteiger partial charge in [0.1, 0.15) is 11.3 Å². The smallest absolute Gasteiger partial charge is 0.259 e. The van der Waals surface area contributed by atoms with Gasteiger partial charge in [-0.1, -0.05) is 11.2 Å². The van der Waals surface area contributed by atoms with Crippen LogP contribution in [0.25, 0.3) is 0 Å². The van der Waals surface area contributed by atoms with Crippen LogP contribution in [0.15, 0.2) is 27.6 Å². The number of amides is 1. The van der Waals surface area contributed by atoms with E-state index in [9.17, 15) is 13.2 Å². The Labute approximate surface area is 160 Å². The Hall–Kier alpha value is -2.19. The van der Waals surface area contributed by atoms with E-state index < -0.39 is 10.0 Å². The molecule has 1 aliphatic heterocycles. The molecule has 0 aliphatic carbocycles. The molecule has 0 saturated carbocycles. The Bertz CT molecular complexity index is 946. The van der Waals surface area contributed by atoms with Crippen molar-refractivity contribution in [3.05, 3.63) is 46.3 Å². The van der Waals surface area contributed by atoms with E-state index in [0.29, 0.717) is 48.0 Å². The second-order valence-corrected chi connectivity index (χ2v) is 8.93. The summed E-state index contributed by atoms with van der Waals surface area (Å²) in [7, 11) is -3.58.